The van der Waals surface area contributed by atoms with E-state index in [1.54, 1.807) is 11.0 Å². The van der Waals surface area contributed by atoms with Crippen LogP contribution in [0.25, 0.3) is 0 Å². The Morgan fingerprint density at radius 2 is 1.80 bits per heavy atom. The van der Waals surface area contributed by atoms with Gasteiger partial charge in [-0.25, -0.2) is 4.79 Å². The van der Waals surface area contributed by atoms with Gasteiger partial charge in [-0.2, -0.15) is 0 Å². The molecule has 1 saturated heterocycles. The Kier molecular flexibility index (Phi) is 6.85. The molecule has 2 amide bonds. The van der Waals surface area contributed by atoms with E-state index in [2.05, 4.69) is 27.7 Å². The molecule has 5 heteroatoms. The summed E-state index contributed by atoms with van der Waals surface area (Å²) in [4.78, 5) is 28.3. The zero-order chi connectivity index (χ0) is 18.4. The minimum Gasteiger partial charge on any atom is -0.447 e. The molecule has 1 aliphatic rings. The van der Waals surface area contributed by atoms with Crippen molar-refractivity contribution in [1.29, 1.82) is 0 Å². The minimum absolute atomic E-state index is 0.0377. The summed E-state index contributed by atoms with van der Waals surface area (Å²) in [7, 11) is 0. The maximum atomic E-state index is 13.0. The van der Waals surface area contributed by atoms with Crippen LogP contribution in [0.2, 0.25) is 0 Å². The lowest BCUT2D eigenvalue weighted by molar-refractivity contribution is 0.0740. The van der Waals surface area contributed by atoms with Gasteiger partial charge in [0, 0.05) is 24.3 Å². The number of carbonyl (C=O) groups is 2. The molecule has 1 aromatic rings. The Balaban J connectivity index is 2.14. The van der Waals surface area contributed by atoms with Crippen molar-refractivity contribution in [2.75, 3.05) is 31.1 Å². The van der Waals surface area contributed by atoms with E-state index in [4.69, 9.17) is 4.74 Å². The van der Waals surface area contributed by atoms with Crippen molar-refractivity contribution in [3.8, 4) is 0 Å². The number of hydrogen-bond acceptors (Lipinski definition) is 3. The van der Waals surface area contributed by atoms with E-state index < -0.39 is 0 Å². The van der Waals surface area contributed by atoms with Crippen LogP contribution < -0.4 is 4.90 Å². The molecule has 0 radical (unpaired) electrons. The van der Waals surface area contributed by atoms with Crippen molar-refractivity contribution >= 4 is 17.7 Å². The van der Waals surface area contributed by atoms with Crippen LogP contribution in [0.15, 0.2) is 24.3 Å². The van der Waals surface area contributed by atoms with Gasteiger partial charge in [0.15, 0.2) is 0 Å². The summed E-state index contributed by atoms with van der Waals surface area (Å²) in [6.07, 6.45) is 1.63. The molecular weight excluding hydrogens is 316 g/mol. The summed E-state index contributed by atoms with van der Waals surface area (Å²) >= 11 is 0. The molecule has 0 atom stereocenters. The highest BCUT2D eigenvalue weighted by molar-refractivity contribution is 5.97. The Labute approximate surface area is 150 Å². The number of ether oxygens (including phenoxy) is 1. The number of carbonyl (C=O) groups excluding carboxylic acids is 2. The van der Waals surface area contributed by atoms with Crippen LogP contribution in [0, 0.1) is 11.8 Å². The van der Waals surface area contributed by atoms with Crippen LogP contribution in [0.3, 0.4) is 0 Å². The summed E-state index contributed by atoms with van der Waals surface area (Å²) in [5, 5.41) is 0. The largest absolute Gasteiger partial charge is 0.447 e. The molecule has 0 aliphatic carbocycles. The lowest BCUT2D eigenvalue weighted by Gasteiger charge is -2.25. The van der Waals surface area contributed by atoms with Crippen molar-refractivity contribution in [2.45, 2.75) is 40.5 Å². The van der Waals surface area contributed by atoms with Crippen molar-refractivity contribution in [3.63, 3.8) is 0 Å². The summed E-state index contributed by atoms with van der Waals surface area (Å²) in [5.74, 6) is 1.15. The van der Waals surface area contributed by atoms with Gasteiger partial charge in [0.1, 0.15) is 6.61 Å². The van der Waals surface area contributed by atoms with Crippen molar-refractivity contribution in [2.24, 2.45) is 11.8 Å². The number of nitrogens with zero attached hydrogens (tertiary/aromatic N) is 2. The molecule has 1 heterocycles. The van der Waals surface area contributed by atoms with Crippen LogP contribution >= 0.6 is 0 Å². The number of anilines is 1. The molecule has 2 rings (SSSR count). The molecule has 0 saturated carbocycles. The first kappa shape index (κ1) is 19.3. The van der Waals surface area contributed by atoms with Gasteiger partial charge in [0.2, 0.25) is 0 Å². The molecule has 0 bridgehead atoms. The third kappa shape index (κ3) is 5.48. The quantitative estimate of drug-likeness (QED) is 0.709. The summed E-state index contributed by atoms with van der Waals surface area (Å²) in [6, 6.07) is 7.30. The van der Waals surface area contributed by atoms with Gasteiger partial charge in [-0.1, -0.05) is 33.8 Å². The Hall–Kier alpha value is -2.04. The highest BCUT2D eigenvalue weighted by Gasteiger charge is 2.25. The molecule has 0 N–H and O–H groups in total. The number of amides is 2. The molecule has 5 nitrogen and oxygen atoms in total. The summed E-state index contributed by atoms with van der Waals surface area (Å²) in [5.41, 5.74) is 1.35. The van der Waals surface area contributed by atoms with Crippen LogP contribution in [0.1, 0.15) is 50.9 Å². The lowest BCUT2D eigenvalue weighted by atomic mass is 10.1. The minimum atomic E-state index is -0.346. The lowest BCUT2D eigenvalue weighted by Crippen LogP contribution is -2.34. The fourth-order valence-electron chi connectivity index (χ4n) is 2.76. The highest BCUT2D eigenvalue weighted by atomic mass is 16.6. The van der Waals surface area contributed by atoms with Gasteiger partial charge in [0.25, 0.3) is 5.91 Å². The summed E-state index contributed by atoms with van der Waals surface area (Å²) in [6.45, 7) is 11.1. The number of benzene rings is 1. The average molecular weight is 346 g/mol. The average Bonchev–Trinajstić information content (AvgIpc) is 3.00. The second-order valence-electron chi connectivity index (χ2n) is 7.47. The molecule has 25 heavy (non-hydrogen) atoms. The van der Waals surface area contributed by atoms with Gasteiger partial charge in [-0.15, -0.1) is 0 Å². The van der Waals surface area contributed by atoms with Crippen molar-refractivity contribution in [3.05, 3.63) is 29.8 Å². The Morgan fingerprint density at radius 3 is 2.32 bits per heavy atom. The number of hydrogen-bond donors (Lipinski definition) is 0. The van der Waals surface area contributed by atoms with E-state index in [1.807, 2.05) is 23.1 Å². The van der Waals surface area contributed by atoms with Crippen LogP contribution in [-0.4, -0.2) is 43.1 Å². The molecule has 1 aliphatic heterocycles. The standard InChI is InChI=1S/C20H30N2O3/c1-15(2)8-10-21(11-9-16(3)4)19(23)17-6-5-7-18(14-17)22-12-13-25-20(22)24/h5-7,14-16H,8-13H2,1-4H3. The van der Waals surface area contributed by atoms with E-state index in [1.165, 1.54) is 0 Å². The SMILES string of the molecule is CC(C)CCN(CCC(C)C)C(=O)c1cccc(N2CCOC2=O)c1. The van der Waals surface area contributed by atoms with Crippen LogP contribution in [-0.2, 0) is 4.74 Å². The van der Waals surface area contributed by atoms with Crippen molar-refractivity contribution < 1.29 is 14.3 Å². The number of cyclic esters (lactones) is 1. The van der Waals surface area contributed by atoms with E-state index in [0.717, 1.165) is 31.6 Å². The van der Waals surface area contributed by atoms with Crippen molar-refractivity contribution in [1.82, 2.24) is 4.90 Å². The van der Waals surface area contributed by atoms with E-state index in [0.29, 0.717) is 30.6 Å². The predicted octanol–water partition coefficient (Wildman–Crippen LogP) is 4.18. The zero-order valence-corrected chi connectivity index (χ0v) is 15.8. The molecule has 1 fully saturated rings. The summed E-state index contributed by atoms with van der Waals surface area (Å²) < 4.78 is 4.99. The fourth-order valence-corrected chi connectivity index (χ4v) is 2.76. The highest BCUT2D eigenvalue weighted by Crippen LogP contribution is 2.21. The number of rotatable bonds is 8. The Bertz CT molecular complexity index is 586. The Morgan fingerprint density at radius 1 is 1.16 bits per heavy atom. The molecule has 0 unspecified atom stereocenters. The topological polar surface area (TPSA) is 49.9 Å². The van der Waals surface area contributed by atoms with Gasteiger partial charge in [-0.3, -0.25) is 9.69 Å². The predicted molar refractivity (Wildman–Crippen MR) is 99.9 cm³/mol. The molecular formula is C20H30N2O3. The van der Waals surface area contributed by atoms with Gasteiger partial charge in [0.05, 0.1) is 6.54 Å². The molecule has 0 aromatic heterocycles. The van der Waals surface area contributed by atoms with E-state index >= 15 is 0 Å². The molecule has 0 spiro atoms. The van der Waals surface area contributed by atoms with E-state index in [9.17, 15) is 9.59 Å². The van der Waals surface area contributed by atoms with Crippen LogP contribution in [0.5, 0.6) is 0 Å². The monoisotopic (exact) mass is 346 g/mol. The second kappa shape index (κ2) is 8.88. The van der Waals surface area contributed by atoms with Gasteiger partial charge >= 0.3 is 6.09 Å². The first-order chi connectivity index (χ1) is 11.9. The van der Waals surface area contributed by atoms with Crippen LogP contribution in [0.4, 0.5) is 10.5 Å². The smallest absolute Gasteiger partial charge is 0.414 e. The zero-order valence-electron chi connectivity index (χ0n) is 15.8. The van der Waals surface area contributed by atoms with E-state index in [-0.39, 0.29) is 12.0 Å². The third-order valence-corrected chi connectivity index (χ3v) is 4.41. The second-order valence-corrected chi connectivity index (χ2v) is 7.47. The third-order valence-electron chi connectivity index (χ3n) is 4.41. The molecule has 1 aromatic carbocycles. The first-order valence-corrected chi connectivity index (χ1v) is 9.22. The maximum Gasteiger partial charge on any atom is 0.414 e. The maximum absolute atomic E-state index is 13.0. The fraction of sp³-hybridized carbons (Fsp3) is 0.600. The van der Waals surface area contributed by atoms with Gasteiger partial charge in [-0.05, 0) is 42.9 Å². The normalized spacial score (nSPS) is 14.3. The first-order valence-electron chi connectivity index (χ1n) is 9.22. The molecule has 138 valence electrons. The van der Waals surface area contributed by atoms with Gasteiger partial charge < -0.3 is 9.64 Å².